The van der Waals surface area contributed by atoms with Crippen LogP contribution in [0.3, 0.4) is 0 Å². The minimum atomic E-state index is -0.347. The first kappa shape index (κ1) is 25.8. The Morgan fingerprint density at radius 1 is 0.590 bits per heavy atom. The maximum Gasteiger partial charge on any atom is 0.257 e. The van der Waals surface area contributed by atoms with Crippen LogP contribution in [0.5, 0.6) is 0 Å². The molecule has 0 radical (unpaired) electrons. The number of anilines is 5. The van der Waals surface area contributed by atoms with E-state index in [0.717, 1.165) is 16.9 Å². The van der Waals surface area contributed by atoms with Crippen molar-refractivity contribution in [1.82, 2.24) is 0 Å². The summed E-state index contributed by atoms with van der Waals surface area (Å²) in [6.07, 6.45) is 0. The highest BCUT2D eigenvalue weighted by molar-refractivity contribution is 6.31. The van der Waals surface area contributed by atoms with E-state index in [1.54, 1.807) is 42.5 Å². The summed E-state index contributed by atoms with van der Waals surface area (Å²) in [5.74, 6) is -0.679. The molecule has 192 valence electrons. The zero-order valence-electron chi connectivity index (χ0n) is 21.3. The van der Waals surface area contributed by atoms with Gasteiger partial charge in [0.1, 0.15) is 0 Å². The topological polar surface area (TPSA) is 61.4 Å². The van der Waals surface area contributed by atoms with Crippen molar-refractivity contribution >= 4 is 51.9 Å². The predicted octanol–water partition coefficient (Wildman–Crippen LogP) is 8.62. The number of benzene rings is 5. The molecule has 0 aliphatic heterocycles. The van der Waals surface area contributed by atoms with Crippen molar-refractivity contribution in [3.05, 3.63) is 149 Å². The van der Waals surface area contributed by atoms with Crippen molar-refractivity contribution in [1.29, 1.82) is 0 Å². The predicted molar refractivity (Wildman–Crippen MR) is 160 cm³/mol. The van der Waals surface area contributed by atoms with Crippen LogP contribution in [0.1, 0.15) is 26.3 Å². The molecule has 0 aliphatic carbocycles. The highest BCUT2D eigenvalue weighted by Crippen LogP contribution is 2.36. The van der Waals surface area contributed by atoms with Gasteiger partial charge in [0.2, 0.25) is 0 Å². The van der Waals surface area contributed by atoms with Crippen LogP contribution >= 0.6 is 11.6 Å². The van der Waals surface area contributed by atoms with E-state index in [1.807, 2.05) is 96.8 Å². The minimum absolute atomic E-state index is 0.332. The molecule has 2 N–H and O–H groups in total. The van der Waals surface area contributed by atoms with Crippen molar-refractivity contribution in [2.45, 2.75) is 6.92 Å². The van der Waals surface area contributed by atoms with Gasteiger partial charge in [0, 0.05) is 22.1 Å². The molecule has 0 atom stereocenters. The summed E-state index contributed by atoms with van der Waals surface area (Å²) in [5, 5.41) is 6.40. The number of carbonyl (C=O) groups is 2. The lowest BCUT2D eigenvalue weighted by atomic mass is 10.1. The van der Waals surface area contributed by atoms with Gasteiger partial charge in [-0.1, -0.05) is 78.3 Å². The Morgan fingerprint density at radius 2 is 1.10 bits per heavy atom. The molecule has 0 bridgehead atoms. The first-order valence-corrected chi connectivity index (χ1v) is 12.9. The average molecular weight is 532 g/mol. The molecule has 0 aromatic heterocycles. The van der Waals surface area contributed by atoms with Gasteiger partial charge in [-0.05, 0) is 73.2 Å². The Balaban J connectivity index is 1.48. The first-order chi connectivity index (χ1) is 19.0. The van der Waals surface area contributed by atoms with Gasteiger partial charge in [-0.2, -0.15) is 0 Å². The molecule has 6 heteroatoms. The Labute approximate surface area is 232 Å². The quantitative estimate of drug-likeness (QED) is 0.221. The van der Waals surface area contributed by atoms with Crippen molar-refractivity contribution in [3.63, 3.8) is 0 Å². The highest BCUT2D eigenvalue weighted by Gasteiger charge is 2.21. The summed E-state index contributed by atoms with van der Waals surface area (Å²) in [7, 11) is 0. The van der Waals surface area contributed by atoms with Gasteiger partial charge >= 0.3 is 0 Å². The summed E-state index contributed by atoms with van der Waals surface area (Å²) < 4.78 is 0. The fourth-order valence-electron chi connectivity index (χ4n) is 4.34. The number of hydrogen-bond donors (Lipinski definition) is 2. The third kappa shape index (κ3) is 5.84. The molecule has 5 nitrogen and oxygen atoms in total. The Hall–Kier alpha value is -4.87. The zero-order chi connectivity index (χ0) is 27.2. The lowest BCUT2D eigenvalue weighted by Crippen LogP contribution is -2.21. The second kappa shape index (κ2) is 11.7. The number of para-hydroxylation sites is 4. The molecule has 0 spiro atoms. The molecule has 0 heterocycles. The van der Waals surface area contributed by atoms with Crippen LogP contribution in [0.4, 0.5) is 28.4 Å². The van der Waals surface area contributed by atoms with Gasteiger partial charge in [-0.3, -0.25) is 9.59 Å². The lowest BCUT2D eigenvalue weighted by molar-refractivity contribution is 0.102. The maximum atomic E-state index is 13.7. The standard InChI is InChI=1S/C33H26ClN3O2/c1-23-20-21-24(34)22-30(23)36-32(38)27-16-8-10-18-29(27)35-33(39)28-17-9-11-19-31(28)37(25-12-4-2-5-13-25)26-14-6-3-7-15-26/h2-22H,1H3,(H,35,39)(H,36,38). The van der Waals surface area contributed by atoms with E-state index in [2.05, 4.69) is 10.6 Å². The Morgan fingerprint density at radius 3 is 1.77 bits per heavy atom. The SMILES string of the molecule is Cc1ccc(Cl)cc1NC(=O)c1ccccc1NC(=O)c1ccccc1N(c1ccccc1)c1ccccc1. The fraction of sp³-hybridized carbons (Fsp3) is 0.0303. The number of nitrogens with zero attached hydrogens (tertiary/aromatic N) is 1. The Kier molecular flexibility index (Phi) is 7.71. The van der Waals surface area contributed by atoms with E-state index in [4.69, 9.17) is 11.6 Å². The fourth-order valence-corrected chi connectivity index (χ4v) is 4.51. The van der Waals surface area contributed by atoms with E-state index in [9.17, 15) is 9.59 Å². The van der Waals surface area contributed by atoms with Gasteiger partial charge < -0.3 is 15.5 Å². The van der Waals surface area contributed by atoms with E-state index in [0.29, 0.717) is 33.2 Å². The summed E-state index contributed by atoms with van der Waals surface area (Å²) >= 11 is 6.13. The van der Waals surface area contributed by atoms with Gasteiger partial charge in [-0.25, -0.2) is 0 Å². The van der Waals surface area contributed by atoms with E-state index in [1.165, 1.54) is 0 Å². The second-order valence-corrected chi connectivity index (χ2v) is 9.37. The van der Waals surface area contributed by atoms with Gasteiger partial charge in [0.15, 0.2) is 0 Å². The molecule has 0 unspecified atom stereocenters. The smallest absolute Gasteiger partial charge is 0.257 e. The molecular weight excluding hydrogens is 506 g/mol. The number of halogens is 1. The van der Waals surface area contributed by atoms with E-state index in [-0.39, 0.29) is 11.8 Å². The summed E-state index contributed by atoms with van der Waals surface area (Å²) in [6, 6.07) is 39.4. The normalized spacial score (nSPS) is 10.5. The van der Waals surface area contributed by atoms with Crippen molar-refractivity contribution in [2.75, 3.05) is 15.5 Å². The summed E-state index contributed by atoms with van der Waals surface area (Å²) in [6.45, 7) is 1.89. The van der Waals surface area contributed by atoms with Crippen LogP contribution < -0.4 is 15.5 Å². The van der Waals surface area contributed by atoms with Gasteiger partial charge in [0.25, 0.3) is 11.8 Å². The summed E-state index contributed by atoms with van der Waals surface area (Å²) in [4.78, 5) is 29.0. The van der Waals surface area contributed by atoms with Crippen molar-refractivity contribution in [3.8, 4) is 0 Å². The number of nitrogens with one attached hydrogen (secondary N) is 2. The minimum Gasteiger partial charge on any atom is -0.322 e. The molecule has 2 amide bonds. The van der Waals surface area contributed by atoms with Crippen LogP contribution in [0.2, 0.25) is 5.02 Å². The van der Waals surface area contributed by atoms with Crippen molar-refractivity contribution in [2.24, 2.45) is 0 Å². The number of carbonyl (C=O) groups excluding carboxylic acids is 2. The number of rotatable bonds is 7. The molecule has 39 heavy (non-hydrogen) atoms. The van der Waals surface area contributed by atoms with Crippen LogP contribution in [-0.4, -0.2) is 11.8 Å². The van der Waals surface area contributed by atoms with Gasteiger partial charge in [0.05, 0.1) is 22.5 Å². The van der Waals surface area contributed by atoms with E-state index >= 15 is 0 Å². The first-order valence-electron chi connectivity index (χ1n) is 12.5. The lowest BCUT2D eigenvalue weighted by Gasteiger charge is -2.27. The third-order valence-corrected chi connectivity index (χ3v) is 6.52. The number of hydrogen-bond acceptors (Lipinski definition) is 3. The Bertz CT molecular complexity index is 1580. The van der Waals surface area contributed by atoms with Gasteiger partial charge in [-0.15, -0.1) is 0 Å². The molecule has 0 fully saturated rings. The highest BCUT2D eigenvalue weighted by atomic mass is 35.5. The molecule has 5 aromatic carbocycles. The second-order valence-electron chi connectivity index (χ2n) is 8.94. The average Bonchev–Trinajstić information content (AvgIpc) is 2.97. The number of aryl methyl sites for hydroxylation is 1. The maximum absolute atomic E-state index is 13.7. The third-order valence-electron chi connectivity index (χ3n) is 6.29. The largest absolute Gasteiger partial charge is 0.322 e. The summed E-state index contributed by atoms with van der Waals surface area (Å²) in [5.41, 5.74) is 5.24. The van der Waals surface area contributed by atoms with Crippen LogP contribution in [-0.2, 0) is 0 Å². The van der Waals surface area contributed by atoms with Crippen molar-refractivity contribution < 1.29 is 9.59 Å². The van der Waals surface area contributed by atoms with E-state index < -0.39 is 0 Å². The molecule has 5 rings (SSSR count). The van der Waals surface area contributed by atoms with Crippen LogP contribution in [0.25, 0.3) is 0 Å². The zero-order valence-corrected chi connectivity index (χ0v) is 22.0. The molecule has 0 aliphatic rings. The molecule has 0 saturated heterocycles. The monoisotopic (exact) mass is 531 g/mol. The number of amides is 2. The molecular formula is C33H26ClN3O2. The molecule has 0 saturated carbocycles. The molecule has 5 aromatic rings. The van der Waals surface area contributed by atoms with Crippen LogP contribution in [0, 0.1) is 6.92 Å². The van der Waals surface area contributed by atoms with Crippen LogP contribution in [0.15, 0.2) is 127 Å².